The van der Waals surface area contributed by atoms with Gasteiger partial charge in [-0.1, -0.05) is 35.3 Å². The van der Waals surface area contributed by atoms with Gasteiger partial charge in [0.05, 0.1) is 16.3 Å². The van der Waals surface area contributed by atoms with Crippen LogP contribution < -0.4 is 5.32 Å². The second-order valence-electron chi connectivity index (χ2n) is 4.47. The van der Waals surface area contributed by atoms with Crippen LogP contribution in [0.25, 0.3) is 0 Å². The summed E-state index contributed by atoms with van der Waals surface area (Å²) >= 11 is 12.0. The van der Waals surface area contributed by atoms with Crippen molar-refractivity contribution >= 4 is 34.8 Å². The van der Waals surface area contributed by atoms with E-state index < -0.39 is 11.7 Å². The summed E-state index contributed by atoms with van der Waals surface area (Å²) in [5.74, 6) is -1.10. The Labute approximate surface area is 126 Å². The molecule has 0 saturated carbocycles. The van der Waals surface area contributed by atoms with Gasteiger partial charge < -0.3 is 5.32 Å². The Balaban J connectivity index is 2.33. The fraction of sp³-hybridized carbons (Fsp3) is 0.133. The molecule has 2 nitrogen and oxygen atoms in total. The Hall–Kier alpha value is -1.58. The first kappa shape index (κ1) is 14.8. The van der Waals surface area contributed by atoms with E-state index in [1.807, 2.05) is 0 Å². The van der Waals surface area contributed by atoms with Gasteiger partial charge in [0.2, 0.25) is 0 Å². The molecule has 0 aliphatic carbocycles. The van der Waals surface area contributed by atoms with Crippen LogP contribution in [-0.2, 0) is 0 Å². The summed E-state index contributed by atoms with van der Waals surface area (Å²) in [7, 11) is 0. The predicted octanol–water partition coefficient (Wildman–Crippen LogP) is 5.00. The van der Waals surface area contributed by atoms with Gasteiger partial charge in [0.15, 0.2) is 0 Å². The van der Waals surface area contributed by atoms with Crippen molar-refractivity contribution in [1.29, 1.82) is 0 Å². The van der Waals surface area contributed by atoms with Crippen LogP contribution >= 0.6 is 23.2 Å². The van der Waals surface area contributed by atoms with Crippen LogP contribution in [0.15, 0.2) is 30.3 Å². The molecule has 0 spiro atoms. The number of aryl methyl sites for hydroxylation is 2. The molecule has 0 bridgehead atoms. The highest BCUT2D eigenvalue weighted by Crippen LogP contribution is 2.29. The van der Waals surface area contributed by atoms with Gasteiger partial charge >= 0.3 is 0 Å². The number of carbonyl (C=O) groups is 1. The fourth-order valence-corrected chi connectivity index (χ4v) is 2.18. The topological polar surface area (TPSA) is 29.1 Å². The number of halogens is 3. The number of benzene rings is 2. The maximum absolute atomic E-state index is 13.9. The Bertz CT molecular complexity index is 686. The maximum atomic E-state index is 13.9. The lowest BCUT2D eigenvalue weighted by Gasteiger charge is -2.10. The molecule has 5 heteroatoms. The highest BCUT2D eigenvalue weighted by molar-refractivity contribution is 6.36. The van der Waals surface area contributed by atoms with E-state index in [1.54, 1.807) is 38.1 Å². The van der Waals surface area contributed by atoms with Crippen LogP contribution in [0.3, 0.4) is 0 Å². The van der Waals surface area contributed by atoms with E-state index in [1.165, 1.54) is 6.07 Å². The summed E-state index contributed by atoms with van der Waals surface area (Å²) < 4.78 is 13.9. The van der Waals surface area contributed by atoms with Crippen molar-refractivity contribution in [3.8, 4) is 0 Å². The summed E-state index contributed by atoms with van der Waals surface area (Å²) in [4.78, 5) is 12.1. The van der Waals surface area contributed by atoms with Crippen molar-refractivity contribution in [1.82, 2.24) is 0 Å². The zero-order chi connectivity index (χ0) is 14.9. The lowest BCUT2D eigenvalue weighted by molar-refractivity contribution is 0.102. The molecule has 0 heterocycles. The molecule has 2 aromatic carbocycles. The van der Waals surface area contributed by atoms with E-state index in [4.69, 9.17) is 23.2 Å². The first-order valence-corrected chi connectivity index (χ1v) is 6.68. The van der Waals surface area contributed by atoms with Gasteiger partial charge in [-0.05, 0) is 43.2 Å². The summed E-state index contributed by atoms with van der Waals surface area (Å²) in [6.45, 7) is 3.40. The third-order valence-corrected chi connectivity index (χ3v) is 3.65. The van der Waals surface area contributed by atoms with Crippen molar-refractivity contribution in [2.45, 2.75) is 13.8 Å². The smallest absolute Gasteiger partial charge is 0.258 e. The van der Waals surface area contributed by atoms with E-state index in [0.29, 0.717) is 21.3 Å². The molecule has 0 unspecified atom stereocenters. The predicted molar refractivity (Wildman–Crippen MR) is 80.3 cm³/mol. The number of amides is 1. The summed E-state index contributed by atoms with van der Waals surface area (Å²) in [6.07, 6.45) is 0. The molecule has 0 saturated heterocycles. The highest BCUT2D eigenvalue weighted by Gasteiger charge is 2.15. The summed E-state index contributed by atoms with van der Waals surface area (Å²) in [5.41, 5.74) is 1.54. The molecule has 0 aromatic heterocycles. The molecule has 20 heavy (non-hydrogen) atoms. The van der Waals surface area contributed by atoms with Gasteiger partial charge in [-0.25, -0.2) is 4.39 Å². The lowest BCUT2D eigenvalue weighted by atomic mass is 10.1. The third-order valence-electron chi connectivity index (χ3n) is 2.93. The fourth-order valence-electron chi connectivity index (χ4n) is 1.75. The molecule has 2 aromatic rings. The molecule has 0 aliphatic heterocycles. The van der Waals surface area contributed by atoms with E-state index in [-0.39, 0.29) is 5.56 Å². The molecule has 0 atom stereocenters. The van der Waals surface area contributed by atoms with Gasteiger partial charge in [-0.2, -0.15) is 0 Å². The SMILES string of the molecule is Cc1cc(Cl)c(NC(=O)c2cccc(C)c2F)cc1Cl. The Morgan fingerprint density at radius 3 is 2.50 bits per heavy atom. The zero-order valence-electron chi connectivity index (χ0n) is 10.9. The van der Waals surface area contributed by atoms with E-state index in [9.17, 15) is 9.18 Å². The van der Waals surface area contributed by atoms with Crippen LogP contribution in [0, 0.1) is 19.7 Å². The van der Waals surface area contributed by atoms with Crippen molar-refractivity contribution in [3.63, 3.8) is 0 Å². The molecule has 1 amide bonds. The Morgan fingerprint density at radius 2 is 1.80 bits per heavy atom. The lowest BCUT2D eigenvalue weighted by Crippen LogP contribution is -2.14. The van der Waals surface area contributed by atoms with E-state index >= 15 is 0 Å². The highest BCUT2D eigenvalue weighted by atomic mass is 35.5. The molecule has 0 aliphatic rings. The molecule has 1 N–H and O–H groups in total. The maximum Gasteiger partial charge on any atom is 0.258 e. The minimum Gasteiger partial charge on any atom is -0.320 e. The number of nitrogens with one attached hydrogen (secondary N) is 1. The number of hydrogen-bond acceptors (Lipinski definition) is 1. The van der Waals surface area contributed by atoms with Crippen LogP contribution in [-0.4, -0.2) is 5.91 Å². The third kappa shape index (κ3) is 2.94. The van der Waals surface area contributed by atoms with Crippen LogP contribution in [0.5, 0.6) is 0 Å². The Kier molecular flexibility index (Phi) is 4.31. The van der Waals surface area contributed by atoms with Crippen LogP contribution in [0.2, 0.25) is 10.0 Å². The molecule has 104 valence electrons. The van der Waals surface area contributed by atoms with Gasteiger partial charge in [0, 0.05) is 5.02 Å². The first-order valence-electron chi connectivity index (χ1n) is 5.92. The van der Waals surface area contributed by atoms with E-state index in [0.717, 1.165) is 5.56 Å². The van der Waals surface area contributed by atoms with Crippen LogP contribution in [0.1, 0.15) is 21.5 Å². The van der Waals surface area contributed by atoms with E-state index in [2.05, 4.69) is 5.32 Å². The number of anilines is 1. The average Bonchev–Trinajstić information content (AvgIpc) is 2.39. The minimum absolute atomic E-state index is 0.0298. The molecule has 0 radical (unpaired) electrons. The summed E-state index contributed by atoms with van der Waals surface area (Å²) in [5, 5.41) is 3.40. The monoisotopic (exact) mass is 311 g/mol. The molecule has 2 rings (SSSR count). The van der Waals surface area contributed by atoms with Crippen LogP contribution in [0.4, 0.5) is 10.1 Å². The minimum atomic E-state index is -0.562. The zero-order valence-corrected chi connectivity index (χ0v) is 12.4. The molecule has 0 fully saturated rings. The number of rotatable bonds is 2. The number of carbonyl (C=O) groups excluding carboxylic acids is 1. The molecular formula is C15H12Cl2FNO. The number of hydrogen-bond donors (Lipinski definition) is 1. The van der Waals surface area contributed by atoms with Crippen molar-refractivity contribution in [3.05, 3.63) is 62.9 Å². The van der Waals surface area contributed by atoms with Gasteiger partial charge in [-0.3, -0.25) is 4.79 Å². The standard InChI is InChI=1S/C15H12Cl2FNO/c1-8-4-3-5-10(14(8)18)15(20)19-13-7-11(16)9(2)6-12(13)17/h3-7H,1-2H3,(H,19,20). The molecular weight excluding hydrogens is 300 g/mol. The second kappa shape index (κ2) is 5.81. The van der Waals surface area contributed by atoms with Gasteiger partial charge in [0.1, 0.15) is 5.82 Å². The van der Waals surface area contributed by atoms with Gasteiger partial charge in [-0.15, -0.1) is 0 Å². The quantitative estimate of drug-likeness (QED) is 0.830. The van der Waals surface area contributed by atoms with Gasteiger partial charge in [0.25, 0.3) is 5.91 Å². The summed E-state index contributed by atoms with van der Waals surface area (Å²) in [6, 6.07) is 7.83. The largest absolute Gasteiger partial charge is 0.320 e. The average molecular weight is 312 g/mol. The second-order valence-corrected chi connectivity index (χ2v) is 5.29. The Morgan fingerprint density at radius 1 is 1.10 bits per heavy atom. The normalized spacial score (nSPS) is 10.4. The first-order chi connectivity index (χ1) is 9.40. The van der Waals surface area contributed by atoms with Crippen molar-refractivity contribution in [2.24, 2.45) is 0 Å². The van der Waals surface area contributed by atoms with Crippen molar-refractivity contribution < 1.29 is 9.18 Å². The van der Waals surface area contributed by atoms with Crippen molar-refractivity contribution in [2.75, 3.05) is 5.32 Å².